The van der Waals surface area contributed by atoms with Crippen molar-refractivity contribution in [1.82, 2.24) is 14.8 Å². The SMILES string of the molecule is CCn1c(COc2ccccc2C)nnc1SCC(=O)Nc1c(F)cc(F)cc1Br. The highest BCUT2D eigenvalue weighted by molar-refractivity contribution is 9.10. The lowest BCUT2D eigenvalue weighted by Crippen LogP contribution is -2.16. The molecule has 2 aromatic carbocycles. The van der Waals surface area contributed by atoms with Crippen LogP contribution in [0.2, 0.25) is 0 Å². The Kier molecular flexibility index (Phi) is 7.43. The third-order valence-electron chi connectivity index (χ3n) is 4.16. The van der Waals surface area contributed by atoms with Crippen LogP contribution >= 0.6 is 27.7 Å². The Balaban J connectivity index is 1.62. The lowest BCUT2D eigenvalue weighted by atomic mass is 10.2. The van der Waals surface area contributed by atoms with Gasteiger partial charge in [-0.3, -0.25) is 4.79 Å². The standard InChI is InChI=1S/C20H19BrF2N4O2S/c1-3-27-17(10-29-16-7-5-4-6-12(16)2)25-26-20(27)30-11-18(28)24-19-14(21)8-13(22)9-15(19)23/h4-9H,3,10-11H2,1-2H3,(H,24,28). The average Bonchev–Trinajstić information content (AvgIpc) is 3.10. The number of carbonyl (C=O) groups is 1. The molecule has 6 nitrogen and oxygen atoms in total. The number of nitrogens with zero attached hydrogens (tertiary/aromatic N) is 3. The number of para-hydroxylation sites is 1. The Bertz CT molecular complexity index is 1040. The number of hydrogen-bond donors (Lipinski definition) is 1. The summed E-state index contributed by atoms with van der Waals surface area (Å²) in [5.74, 6) is -0.648. The number of carbonyl (C=O) groups excluding carboxylic acids is 1. The fraction of sp³-hybridized carbons (Fsp3) is 0.250. The number of hydrogen-bond acceptors (Lipinski definition) is 5. The molecule has 0 unspecified atom stereocenters. The Labute approximate surface area is 185 Å². The van der Waals surface area contributed by atoms with Crippen LogP contribution in [0.1, 0.15) is 18.3 Å². The van der Waals surface area contributed by atoms with Crippen molar-refractivity contribution in [3.63, 3.8) is 0 Å². The second-order valence-corrected chi connectivity index (χ2v) is 8.08. The maximum atomic E-state index is 13.9. The molecular weight excluding hydrogens is 478 g/mol. The minimum Gasteiger partial charge on any atom is -0.485 e. The molecule has 0 radical (unpaired) electrons. The minimum atomic E-state index is -0.854. The van der Waals surface area contributed by atoms with Crippen LogP contribution in [0.25, 0.3) is 0 Å². The predicted octanol–water partition coefficient (Wildman–Crippen LogP) is 4.96. The van der Waals surface area contributed by atoms with Crippen molar-refractivity contribution in [3.05, 3.63) is 63.9 Å². The van der Waals surface area contributed by atoms with Gasteiger partial charge < -0.3 is 14.6 Å². The molecule has 0 saturated carbocycles. The summed E-state index contributed by atoms with van der Waals surface area (Å²) < 4.78 is 34.9. The third-order valence-corrected chi connectivity index (χ3v) is 5.76. The Hall–Kier alpha value is -2.46. The Morgan fingerprint density at radius 3 is 2.73 bits per heavy atom. The van der Waals surface area contributed by atoms with Gasteiger partial charge in [0.1, 0.15) is 18.2 Å². The zero-order valence-corrected chi connectivity index (χ0v) is 18.7. The molecule has 30 heavy (non-hydrogen) atoms. The van der Waals surface area contributed by atoms with E-state index in [-0.39, 0.29) is 22.5 Å². The summed E-state index contributed by atoms with van der Waals surface area (Å²) in [6.45, 7) is 4.74. The lowest BCUT2D eigenvalue weighted by Gasteiger charge is -2.11. The molecule has 10 heteroatoms. The molecule has 1 aromatic heterocycles. The van der Waals surface area contributed by atoms with Crippen molar-refractivity contribution in [1.29, 1.82) is 0 Å². The van der Waals surface area contributed by atoms with E-state index in [1.54, 1.807) is 0 Å². The maximum absolute atomic E-state index is 13.9. The summed E-state index contributed by atoms with van der Waals surface area (Å²) in [4.78, 5) is 12.2. The van der Waals surface area contributed by atoms with E-state index >= 15 is 0 Å². The van der Waals surface area contributed by atoms with Crippen molar-refractivity contribution >= 4 is 39.3 Å². The van der Waals surface area contributed by atoms with Crippen LogP contribution in [0.5, 0.6) is 5.75 Å². The van der Waals surface area contributed by atoms with Gasteiger partial charge in [-0.15, -0.1) is 10.2 Å². The molecule has 0 spiro atoms. The summed E-state index contributed by atoms with van der Waals surface area (Å²) >= 11 is 4.22. The fourth-order valence-electron chi connectivity index (χ4n) is 2.68. The van der Waals surface area contributed by atoms with Crippen LogP contribution < -0.4 is 10.1 Å². The molecule has 0 aliphatic carbocycles. The van der Waals surface area contributed by atoms with E-state index in [1.807, 2.05) is 42.7 Å². The van der Waals surface area contributed by atoms with Crippen LogP contribution in [-0.4, -0.2) is 26.4 Å². The highest BCUT2D eigenvalue weighted by Crippen LogP contribution is 2.27. The number of benzene rings is 2. The summed E-state index contributed by atoms with van der Waals surface area (Å²) in [5.41, 5.74) is 0.914. The number of halogens is 3. The van der Waals surface area contributed by atoms with Crippen LogP contribution in [0, 0.1) is 18.6 Å². The van der Waals surface area contributed by atoms with Gasteiger partial charge in [0.2, 0.25) is 5.91 Å². The molecule has 0 bridgehead atoms. The van der Waals surface area contributed by atoms with Gasteiger partial charge in [-0.25, -0.2) is 8.78 Å². The number of nitrogens with one attached hydrogen (secondary N) is 1. The monoisotopic (exact) mass is 496 g/mol. The zero-order valence-electron chi connectivity index (χ0n) is 16.3. The van der Waals surface area contributed by atoms with Gasteiger partial charge in [-0.1, -0.05) is 30.0 Å². The molecule has 1 heterocycles. The second-order valence-electron chi connectivity index (χ2n) is 6.28. The molecule has 3 aromatic rings. The first-order valence-corrected chi connectivity index (χ1v) is 10.8. The molecule has 0 saturated heterocycles. The van der Waals surface area contributed by atoms with Crippen LogP contribution in [0.4, 0.5) is 14.5 Å². The number of aromatic nitrogens is 3. The van der Waals surface area contributed by atoms with Crippen molar-refractivity contribution in [2.45, 2.75) is 32.2 Å². The highest BCUT2D eigenvalue weighted by Gasteiger charge is 2.16. The summed E-state index contributed by atoms with van der Waals surface area (Å²) in [7, 11) is 0. The zero-order chi connectivity index (χ0) is 21.7. The lowest BCUT2D eigenvalue weighted by molar-refractivity contribution is -0.113. The van der Waals surface area contributed by atoms with Crippen molar-refractivity contribution in [2.24, 2.45) is 0 Å². The first kappa shape index (κ1) is 22.2. The molecule has 1 amide bonds. The van der Waals surface area contributed by atoms with E-state index in [0.717, 1.165) is 17.4 Å². The number of rotatable bonds is 8. The van der Waals surface area contributed by atoms with Gasteiger partial charge in [0, 0.05) is 17.1 Å². The second kappa shape index (κ2) is 10.0. The van der Waals surface area contributed by atoms with Crippen molar-refractivity contribution in [3.8, 4) is 5.75 Å². The first-order chi connectivity index (χ1) is 14.4. The van der Waals surface area contributed by atoms with Gasteiger partial charge in [-0.2, -0.15) is 0 Å². The largest absolute Gasteiger partial charge is 0.485 e. The summed E-state index contributed by atoms with van der Waals surface area (Å²) in [5, 5.41) is 11.3. The number of ether oxygens (including phenoxy) is 1. The number of amides is 1. The maximum Gasteiger partial charge on any atom is 0.234 e. The van der Waals surface area contributed by atoms with Crippen molar-refractivity contribution in [2.75, 3.05) is 11.1 Å². The highest BCUT2D eigenvalue weighted by atomic mass is 79.9. The number of thioether (sulfide) groups is 1. The van der Waals surface area contributed by atoms with Gasteiger partial charge in [0.05, 0.1) is 11.4 Å². The van der Waals surface area contributed by atoms with Gasteiger partial charge >= 0.3 is 0 Å². The van der Waals surface area contributed by atoms with E-state index in [1.165, 1.54) is 11.8 Å². The van der Waals surface area contributed by atoms with Gasteiger partial charge in [0.15, 0.2) is 16.8 Å². The smallest absolute Gasteiger partial charge is 0.234 e. The third kappa shape index (κ3) is 5.37. The normalized spacial score (nSPS) is 10.8. The predicted molar refractivity (Wildman–Crippen MR) is 115 cm³/mol. The first-order valence-electron chi connectivity index (χ1n) is 9.06. The fourth-order valence-corrected chi connectivity index (χ4v) is 4.01. The minimum absolute atomic E-state index is 0.0138. The quantitative estimate of drug-likeness (QED) is 0.446. The average molecular weight is 497 g/mol. The summed E-state index contributed by atoms with van der Waals surface area (Å²) in [6, 6.07) is 9.47. The molecule has 1 N–H and O–H groups in total. The number of anilines is 1. The molecule has 158 valence electrons. The molecular formula is C20H19BrF2N4O2S. The molecule has 0 aliphatic rings. The van der Waals surface area contributed by atoms with E-state index < -0.39 is 17.5 Å². The Morgan fingerprint density at radius 1 is 1.27 bits per heavy atom. The molecule has 0 aliphatic heterocycles. The van der Waals surface area contributed by atoms with Gasteiger partial charge in [-0.05, 0) is 47.5 Å². The molecule has 0 atom stereocenters. The topological polar surface area (TPSA) is 69.0 Å². The van der Waals surface area contributed by atoms with Crippen LogP contribution in [-0.2, 0) is 17.9 Å². The van der Waals surface area contributed by atoms with Crippen molar-refractivity contribution < 1.29 is 18.3 Å². The van der Waals surface area contributed by atoms with E-state index in [2.05, 4.69) is 31.4 Å². The van der Waals surface area contributed by atoms with E-state index in [0.29, 0.717) is 23.6 Å². The Morgan fingerprint density at radius 2 is 2.03 bits per heavy atom. The van der Waals surface area contributed by atoms with E-state index in [4.69, 9.17) is 4.74 Å². The van der Waals surface area contributed by atoms with Crippen LogP contribution in [0.3, 0.4) is 0 Å². The van der Waals surface area contributed by atoms with Crippen LogP contribution in [0.15, 0.2) is 46.0 Å². The number of aryl methyl sites for hydroxylation is 1. The summed E-state index contributed by atoms with van der Waals surface area (Å²) in [6.07, 6.45) is 0. The molecule has 0 fully saturated rings. The van der Waals surface area contributed by atoms with E-state index in [9.17, 15) is 13.6 Å². The molecule has 3 rings (SSSR count). The van der Waals surface area contributed by atoms with Gasteiger partial charge in [0.25, 0.3) is 0 Å².